The van der Waals surface area contributed by atoms with Gasteiger partial charge in [0.05, 0.1) is 5.69 Å². The second kappa shape index (κ2) is 4.37. The molecule has 0 saturated carbocycles. The number of Topliss-reactive ketones (excluding diaryl/α,β-unsaturated/α-hetero) is 1. The van der Waals surface area contributed by atoms with Gasteiger partial charge in [0, 0.05) is 23.9 Å². The molecule has 0 aliphatic heterocycles. The second-order valence-corrected chi connectivity index (χ2v) is 4.42. The fourth-order valence-corrected chi connectivity index (χ4v) is 2.19. The molecule has 0 radical (unpaired) electrons. The minimum atomic E-state index is -0.349. The average molecular weight is 246 g/mol. The molecule has 0 aliphatic carbocycles. The van der Waals surface area contributed by atoms with Gasteiger partial charge in [0.15, 0.2) is 5.78 Å². The number of hydrogen-bond acceptors (Lipinski definition) is 2. The van der Waals surface area contributed by atoms with Gasteiger partial charge in [-0.2, -0.15) is 5.10 Å². The molecule has 0 spiro atoms. The molecule has 18 heavy (non-hydrogen) atoms. The van der Waals surface area contributed by atoms with Crippen LogP contribution in [0.1, 0.15) is 28.7 Å². The van der Waals surface area contributed by atoms with E-state index in [0.717, 1.165) is 17.0 Å². The van der Waals surface area contributed by atoms with Crippen molar-refractivity contribution in [2.45, 2.75) is 20.8 Å². The van der Waals surface area contributed by atoms with Gasteiger partial charge < -0.3 is 0 Å². The quantitative estimate of drug-likeness (QED) is 0.763. The minimum absolute atomic E-state index is 0.0762. The Morgan fingerprint density at radius 2 is 2.00 bits per heavy atom. The number of aromatic nitrogens is 2. The molecule has 0 fully saturated rings. The molecule has 0 atom stereocenters. The molecule has 94 valence electrons. The van der Waals surface area contributed by atoms with Crippen molar-refractivity contribution in [2.75, 3.05) is 0 Å². The van der Waals surface area contributed by atoms with Crippen LogP contribution in [0.2, 0.25) is 0 Å². The van der Waals surface area contributed by atoms with E-state index in [1.165, 1.54) is 25.1 Å². The van der Waals surface area contributed by atoms with Crippen LogP contribution in [0.25, 0.3) is 11.1 Å². The Balaban J connectivity index is 2.77. The van der Waals surface area contributed by atoms with Gasteiger partial charge in [-0.3, -0.25) is 9.48 Å². The smallest absolute Gasteiger partial charge is 0.160 e. The van der Waals surface area contributed by atoms with E-state index in [9.17, 15) is 9.18 Å². The Kier molecular flexibility index (Phi) is 3.03. The number of benzene rings is 1. The molecule has 0 bridgehead atoms. The van der Waals surface area contributed by atoms with Crippen LogP contribution < -0.4 is 0 Å². The number of hydrogen-bond donors (Lipinski definition) is 0. The molecule has 1 heterocycles. The standard InChI is InChI=1S/C14H15FN2O/c1-8-14(9(2)17(4)16-8)13-7-11(15)5-6-12(13)10(3)18/h5-7H,1-4H3. The highest BCUT2D eigenvalue weighted by molar-refractivity contribution is 6.01. The van der Waals surface area contributed by atoms with Crippen LogP contribution >= 0.6 is 0 Å². The molecule has 3 nitrogen and oxygen atoms in total. The third kappa shape index (κ3) is 1.94. The molecular formula is C14H15FN2O. The summed E-state index contributed by atoms with van der Waals surface area (Å²) in [6, 6.07) is 4.23. The number of carbonyl (C=O) groups excluding carboxylic acids is 1. The summed E-state index contributed by atoms with van der Waals surface area (Å²) < 4.78 is 15.2. The summed E-state index contributed by atoms with van der Waals surface area (Å²) in [6.45, 7) is 5.25. The topological polar surface area (TPSA) is 34.9 Å². The van der Waals surface area contributed by atoms with E-state index in [4.69, 9.17) is 0 Å². The summed E-state index contributed by atoms with van der Waals surface area (Å²) in [7, 11) is 1.83. The molecule has 0 unspecified atom stereocenters. The third-order valence-corrected chi connectivity index (χ3v) is 3.14. The maximum atomic E-state index is 13.4. The fourth-order valence-electron chi connectivity index (χ4n) is 2.19. The lowest BCUT2D eigenvalue weighted by molar-refractivity contribution is 0.101. The lowest BCUT2D eigenvalue weighted by atomic mass is 9.96. The van der Waals surface area contributed by atoms with Gasteiger partial charge in [-0.1, -0.05) is 0 Å². The number of nitrogens with zero attached hydrogens (tertiary/aromatic N) is 2. The lowest BCUT2D eigenvalue weighted by Crippen LogP contribution is -1.99. The molecule has 0 saturated heterocycles. The van der Waals surface area contributed by atoms with Crippen LogP contribution in [0.5, 0.6) is 0 Å². The van der Waals surface area contributed by atoms with Gasteiger partial charge in [-0.05, 0) is 44.5 Å². The van der Waals surface area contributed by atoms with Crippen LogP contribution in [0.4, 0.5) is 4.39 Å². The molecule has 0 aliphatic rings. The van der Waals surface area contributed by atoms with E-state index in [1.54, 1.807) is 4.68 Å². The van der Waals surface area contributed by atoms with Crippen LogP contribution in [-0.2, 0) is 7.05 Å². The lowest BCUT2D eigenvalue weighted by Gasteiger charge is -2.08. The van der Waals surface area contributed by atoms with Gasteiger partial charge in [0.2, 0.25) is 0 Å². The van der Waals surface area contributed by atoms with Crippen LogP contribution in [0, 0.1) is 19.7 Å². The fraction of sp³-hybridized carbons (Fsp3) is 0.286. The molecule has 1 aromatic carbocycles. The van der Waals surface area contributed by atoms with Crippen LogP contribution in [0.3, 0.4) is 0 Å². The van der Waals surface area contributed by atoms with Gasteiger partial charge in [0.1, 0.15) is 5.82 Å². The van der Waals surface area contributed by atoms with Crippen molar-refractivity contribution in [3.05, 3.63) is 41.0 Å². The Labute approximate surface area is 105 Å². The minimum Gasteiger partial charge on any atom is -0.294 e. The van der Waals surface area contributed by atoms with E-state index < -0.39 is 0 Å². The van der Waals surface area contributed by atoms with E-state index in [0.29, 0.717) is 11.1 Å². The van der Waals surface area contributed by atoms with Crippen molar-refractivity contribution in [3.8, 4) is 11.1 Å². The van der Waals surface area contributed by atoms with Gasteiger partial charge >= 0.3 is 0 Å². The predicted octanol–water partition coefficient (Wildman–Crippen LogP) is 3.05. The monoisotopic (exact) mass is 246 g/mol. The van der Waals surface area contributed by atoms with E-state index in [2.05, 4.69) is 5.10 Å². The zero-order valence-electron chi connectivity index (χ0n) is 10.9. The largest absolute Gasteiger partial charge is 0.294 e. The van der Waals surface area contributed by atoms with Crippen molar-refractivity contribution >= 4 is 5.78 Å². The van der Waals surface area contributed by atoms with Crippen molar-refractivity contribution in [1.29, 1.82) is 0 Å². The maximum absolute atomic E-state index is 13.4. The summed E-state index contributed by atoms with van der Waals surface area (Å²) >= 11 is 0. The van der Waals surface area contributed by atoms with E-state index >= 15 is 0 Å². The predicted molar refractivity (Wildman–Crippen MR) is 68.1 cm³/mol. The highest BCUT2D eigenvalue weighted by Crippen LogP contribution is 2.30. The molecule has 0 amide bonds. The molecule has 1 aromatic heterocycles. The number of carbonyl (C=O) groups is 1. The number of aryl methyl sites for hydroxylation is 2. The van der Waals surface area contributed by atoms with Gasteiger partial charge in [-0.25, -0.2) is 4.39 Å². The number of rotatable bonds is 2. The second-order valence-electron chi connectivity index (χ2n) is 4.42. The summed E-state index contributed by atoms with van der Waals surface area (Å²) in [4.78, 5) is 11.6. The Morgan fingerprint density at radius 1 is 1.33 bits per heavy atom. The van der Waals surface area contributed by atoms with Crippen molar-refractivity contribution < 1.29 is 9.18 Å². The van der Waals surface area contributed by atoms with Gasteiger partial charge in [-0.15, -0.1) is 0 Å². The first-order valence-electron chi connectivity index (χ1n) is 5.73. The van der Waals surface area contributed by atoms with Crippen molar-refractivity contribution in [1.82, 2.24) is 9.78 Å². The van der Waals surface area contributed by atoms with Crippen molar-refractivity contribution in [2.24, 2.45) is 7.05 Å². The number of ketones is 1. The summed E-state index contributed by atoms with van der Waals surface area (Å²) in [5, 5.41) is 4.30. The zero-order valence-corrected chi connectivity index (χ0v) is 10.9. The maximum Gasteiger partial charge on any atom is 0.160 e. The highest BCUT2D eigenvalue weighted by Gasteiger charge is 2.17. The Morgan fingerprint density at radius 3 is 2.50 bits per heavy atom. The molecule has 2 aromatic rings. The number of halogens is 1. The summed E-state index contributed by atoms with van der Waals surface area (Å²) in [5.41, 5.74) is 3.69. The summed E-state index contributed by atoms with van der Waals surface area (Å²) in [6.07, 6.45) is 0. The molecule has 2 rings (SSSR count). The molecule has 4 heteroatoms. The molecule has 0 N–H and O–H groups in total. The Hall–Kier alpha value is -1.97. The SMILES string of the molecule is CC(=O)c1ccc(F)cc1-c1c(C)nn(C)c1C. The molecular weight excluding hydrogens is 231 g/mol. The van der Waals surface area contributed by atoms with Crippen LogP contribution in [0.15, 0.2) is 18.2 Å². The summed E-state index contributed by atoms with van der Waals surface area (Å²) in [5.74, 6) is -0.426. The zero-order chi connectivity index (χ0) is 13.4. The van der Waals surface area contributed by atoms with Crippen LogP contribution in [-0.4, -0.2) is 15.6 Å². The first-order chi connectivity index (χ1) is 8.41. The Bertz CT molecular complexity index is 629. The average Bonchev–Trinajstić information content (AvgIpc) is 2.52. The first kappa shape index (κ1) is 12.5. The van der Waals surface area contributed by atoms with Crippen molar-refractivity contribution in [3.63, 3.8) is 0 Å². The normalized spacial score (nSPS) is 10.7. The third-order valence-electron chi connectivity index (χ3n) is 3.14. The van der Waals surface area contributed by atoms with E-state index in [1.807, 2.05) is 20.9 Å². The first-order valence-corrected chi connectivity index (χ1v) is 5.73. The van der Waals surface area contributed by atoms with Gasteiger partial charge in [0.25, 0.3) is 0 Å². The van der Waals surface area contributed by atoms with E-state index in [-0.39, 0.29) is 11.6 Å². The highest BCUT2D eigenvalue weighted by atomic mass is 19.1.